The number of aliphatic hydroxyl groups is 1. The molecule has 0 aliphatic heterocycles. The van der Waals surface area contributed by atoms with E-state index in [1.165, 1.54) is 12.1 Å². The Labute approximate surface area is 135 Å². The molecule has 0 aromatic heterocycles. The Bertz CT molecular complexity index is 537. The van der Waals surface area contributed by atoms with Crippen LogP contribution in [0.5, 0.6) is 0 Å². The number of alkyl halides is 6. The fourth-order valence-corrected chi connectivity index (χ4v) is 3.13. The first-order chi connectivity index (χ1) is 10.3. The first kappa shape index (κ1) is 20.4. The third kappa shape index (κ3) is 7.21. The third-order valence-electron chi connectivity index (χ3n) is 2.28. The van der Waals surface area contributed by atoms with E-state index in [1.54, 1.807) is 0 Å². The van der Waals surface area contributed by atoms with Crippen molar-refractivity contribution in [3.63, 3.8) is 0 Å². The summed E-state index contributed by atoms with van der Waals surface area (Å²) in [7, 11) is -5.14. The van der Waals surface area contributed by atoms with E-state index in [-0.39, 0.29) is 5.56 Å². The maximum atomic E-state index is 12.2. The Morgan fingerprint density at radius 2 is 1.39 bits per heavy atom. The maximum Gasteiger partial charge on any atom is 0.412 e. The van der Waals surface area contributed by atoms with E-state index in [1.807, 2.05) is 0 Å². The fraction of sp³-hybridized carbons (Fsp3) is 0.455. The molecule has 1 atom stereocenters. The van der Waals surface area contributed by atoms with Crippen molar-refractivity contribution >= 4 is 23.5 Å². The van der Waals surface area contributed by atoms with Crippen molar-refractivity contribution < 1.29 is 45.1 Å². The van der Waals surface area contributed by atoms with Gasteiger partial charge in [-0.25, -0.2) is 0 Å². The molecule has 23 heavy (non-hydrogen) atoms. The van der Waals surface area contributed by atoms with E-state index >= 15 is 0 Å². The van der Waals surface area contributed by atoms with Crippen LogP contribution in [0.3, 0.4) is 0 Å². The monoisotopic (exact) mass is 430 g/mol. The van der Waals surface area contributed by atoms with Crippen LogP contribution in [0, 0.1) is 0 Å². The highest BCUT2D eigenvalue weighted by Crippen LogP contribution is 2.60. The van der Waals surface area contributed by atoms with Gasteiger partial charge in [0, 0.05) is 4.47 Å². The molecular weight excluding hydrogens is 421 g/mol. The van der Waals surface area contributed by atoms with E-state index < -0.39 is 39.0 Å². The van der Waals surface area contributed by atoms with Crippen LogP contribution in [0.2, 0.25) is 0 Å². The zero-order valence-electron chi connectivity index (χ0n) is 11.1. The number of aliphatic hydroxyl groups excluding tert-OH is 1. The number of hydrogen-bond donors (Lipinski definition) is 1. The molecule has 1 rings (SSSR count). The summed E-state index contributed by atoms with van der Waals surface area (Å²) in [4.78, 5) is 0. The van der Waals surface area contributed by atoms with E-state index in [0.717, 1.165) is 12.1 Å². The summed E-state index contributed by atoms with van der Waals surface area (Å²) in [5.41, 5.74) is -0.221. The van der Waals surface area contributed by atoms with Gasteiger partial charge < -0.3 is 5.11 Å². The summed E-state index contributed by atoms with van der Waals surface area (Å²) in [6, 6.07) is 4.98. The molecular formula is C11H10BrF6O4P. The molecule has 0 radical (unpaired) electrons. The Balaban J connectivity index is 3.01. The molecule has 0 unspecified atom stereocenters. The van der Waals surface area contributed by atoms with Crippen molar-refractivity contribution in [3.05, 3.63) is 34.3 Å². The lowest BCUT2D eigenvalue weighted by atomic mass is 10.2. The van der Waals surface area contributed by atoms with E-state index in [2.05, 4.69) is 25.0 Å². The minimum absolute atomic E-state index is 0.221. The molecule has 1 N–H and O–H groups in total. The van der Waals surface area contributed by atoms with Gasteiger partial charge in [-0.1, -0.05) is 28.1 Å². The predicted molar refractivity (Wildman–Crippen MR) is 70.7 cm³/mol. The summed E-state index contributed by atoms with van der Waals surface area (Å²) >= 11 is 3.05. The molecule has 1 aromatic rings. The Kier molecular flexibility index (Phi) is 6.68. The van der Waals surface area contributed by atoms with Crippen molar-refractivity contribution in [1.29, 1.82) is 0 Å². The summed E-state index contributed by atoms with van der Waals surface area (Å²) in [6.45, 7) is -4.26. The van der Waals surface area contributed by atoms with Crippen LogP contribution in [0.15, 0.2) is 28.7 Å². The maximum absolute atomic E-state index is 12.2. The molecule has 0 spiro atoms. The van der Waals surface area contributed by atoms with Gasteiger partial charge in [0.1, 0.15) is 0 Å². The standard InChI is InChI=1S/C11H10BrF6O4P/c12-8-3-1-7(2-4-8)9(19)23(20,21-5-10(13,14)15)22-6-11(16,17)18/h1-4,9,19H,5-6H2/t9-/m0/s1. The van der Waals surface area contributed by atoms with E-state index in [9.17, 15) is 36.0 Å². The van der Waals surface area contributed by atoms with Gasteiger partial charge in [0.05, 0.1) is 0 Å². The molecule has 1 aromatic carbocycles. The summed E-state index contributed by atoms with van der Waals surface area (Å²) in [5, 5.41) is 9.86. The lowest BCUT2D eigenvalue weighted by molar-refractivity contribution is -0.167. The quantitative estimate of drug-likeness (QED) is 0.520. The zero-order valence-corrected chi connectivity index (χ0v) is 13.5. The molecule has 0 aliphatic carbocycles. The molecule has 0 aliphatic rings. The molecule has 4 nitrogen and oxygen atoms in total. The van der Waals surface area contributed by atoms with Crippen molar-refractivity contribution in [2.75, 3.05) is 13.2 Å². The van der Waals surface area contributed by atoms with Crippen LogP contribution in [0.1, 0.15) is 11.4 Å². The highest BCUT2D eigenvalue weighted by molar-refractivity contribution is 9.10. The molecule has 0 saturated heterocycles. The molecule has 0 bridgehead atoms. The van der Waals surface area contributed by atoms with E-state index in [0.29, 0.717) is 4.47 Å². The highest BCUT2D eigenvalue weighted by Gasteiger charge is 2.43. The molecule has 0 saturated carbocycles. The number of halogens is 7. The van der Waals surface area contributed by atoms with Gasteiger partial charge in [-0.2, -0.15) is 26.3 Å². The van der Waals surface area contributed by atoms with Crippen LogP contribution in [0.25, 0.3) is 0 Å². The van der Waals surface area contributed by atoms with Gasteiger partial charge in [0.2, 0.25) is 0 Å². The van der Waals surface area contributed by atoms with Crippen LogP contribution in [-0.2, 0) is 13.6 Å². The molecule has 0 heterocycles. The van der Waals surface area contributed by atoms with Crippen molar-refractivity contribution in [2.45, 2.75) is 18.2 Å². The van der Waals surface area contributed by atoms with Crippen LogP contribution < -0.4 is 0 Å². The third-order valence-corrected chi connectivity index (χ3v) is 4.69. The topological polar surface area (TPSA) is 55.8 Å². The Hall–Kier alpha value is -0.610. The summed E-state index contributed by atoms with van der Waals surface area (Å²) in [5.74, 6) is -2.31. The first-order valence-corrected chi connectivity index (χ1v) is 8.19. The SMILES string of the molecule is O=P(OCC(F)(F)F)(OCC(F)(F)F)[C@H](O)c1ccc(Br)cc1. The number of rotatable bonds is 6. The van der Waals surface area contributed by atoms with Gasteiger partial charge in [-0.05, 0) is 17.7 Å². The average Bonchev–Trinajstić information content (AvgIpc) is 2.41. The first-order valence-electron chi connectivity index (χ1n) is 5.78. The van der Waals surface area contributed by atoms with Crippen LogP contribution >= 0.6 is 23.5 Å². The van der Waals surface area contributed by atoms with Gasteiger partial charge in [0.25, 0.3) is 0 Å². The van der Waals surface area contributed by atoms with Crippen molar-refractivity contribution in [1.82, 2.24) is 0 Å². The molecule has 0 fully saturated rings. The van der Waals surface area contributed by atoms with Crippen molar-refractivity contribution in [2.24, 2.45) is 0 Å². The van der Waals surface area contributed by atoms with E-state index in [4.69, 9.17) is 0 Å². The second-order valence-corrected chi connectivity index (χ2v) is 7.24. The van der Waals surface area contributed by atoms with Crippen LogP contribution in [-0.4, -0.2) is 30.7 Å². The lowest BCUT2D eigenvalue weighted by Crippen LogP contribution is -2.21. The van der Waals surface area contributed by atoms with Crippen molar-refractivity contribution in [3.8, 4) is 0 Å². The molecule has 132 valence electrons. The second-order valence-electron chi connectivity index (χ2n) is 4.24. The predicted octanol–water partition coefficient (Wildman–Crippen LogP) is 4.79. The summed E-state index contributed by atoms with van der Waals surface area (Å²) < 4.78 is 93.7. The summed E-state index contributed by atoms with van der Waals surface area (Å²) in [6.07, 6.45) is -9.92. The number of hydrogen-bond acceptors (Lipinski definition) is 4. The highest BCUT2D eigenvalue weighted by atomic mass is 79.9. The molecule has 0 amide bonds. The largest absolute Gasteiger partial charge is 0.412 e. The Morgan fingerprint density at radius 3 is 1.74 bits per heavy atom. The normalized spacial score (nSPS) is 14.8. The zero-order chi connectivity index (χ0) is 17.9. The number of benzene rings is 1. The molecule has 12 heteroatoms. The van der Waals surface area contributed by atoms with Gasteiger partial charge in [-0.15, -0.1) is 0 Å². The second kappa shape index (κ2) is 7.52. The average molecular weight is 431 g/mol. The minimum atomic E-state index is -5.14. The van der Waals surface area contributed by atoms with Gasteiger partial charge in [-0.3, -0.25) is 13.6 Å². The van der Waals surface area contributed by atoms with Gasteiger partial charge in [0.15, 0.2) is 19.1 Å². The Morgan fingerprint density at radius 1 is 1.00 bits per heavy atom. The van der Waals surface area contributed by atoms with Crippen LogP contribution in [0.4, 0.5) is 26.3 Å². The smallest absolute Gasteiger partial charge is 0.376 e. The lowest BCUT2D eigenvalue weighted by Gasteiger charge is -2.24. The minimum Gasteiger partial charge on any atom is -0.376 e. The van der Waals surface area contributed by atoms with Gasteiger partial charge >= 0.3 is 19.9 Å². The fourth-order valence-electron chi connectivity index (χ4n) is 1.32.